The zero-order valence-corrected chi connectivity index (χ0v) is 8.88. The van der Waals surface area contributed by atoms with Crippen molar-refractivity contribution < 1.29 is 0 Å². The lowest BCUT2D eigenvalue weighted by molar-refractivity contribution is 0.713. The Morgan fingerprint density at radius 1 is 1.43 bits per heavy atom. The fraction of sp³-hybridized carbons (Fsp3) is 0.500. The number of nitrogens with zero attached hydrogens (tertiary/aromatic N) is 2. The van der Waals surface area contributed by atoms with Crippen molar-refractivity contribution in [1.29, 1.82) is 5.26 Å². The van der Waals surface area contributed by atoms with E-state index in [2.05, 4.69) is 18.0 Å². The molecule has 14 heavy (non-hydrogen) atoms. The first-order valence-corrected chi connectivity index (χ1v) is 5.13. The second kappa shape index (κ2) is 5.39. The van der Waals surface area contributed by atoms with Gasteiger partial charge in [0.05, 0.1) is 5.56 Å². The van der Waals surface area contributed by atoms with Crippen molar-refractivity contribution in [1.82, 2.24) is 4.98 Å². The van der Waals surface area contributed by atoms with Crippen LogP contribution >= 0.6 is 0 Å². The summed E-state index contributed by atoms with van der Waals surface area (Å²) in [4.78, 5) is 4.21. The number of hydrogen-bond donors (Lipinski definition) is 0. The van der Waals surface area contributed by atoms with Crippen LogP contribution in [0, 0.1) is 18.3 Å². The van der Waals surface area contributed by atoms with Gasteiger partial charge in [-0.25, -0.2) is 0 Å². The van der Waals surface area contributed by atoms with Crippen LogP contribution in [-0.4, -0.2) is 4.98 Å². The topological polar surface area (TPSA) is 36.7 Å². The molecule has 0 atom stereocenters. The van der Waals surface area contributed by atoms with Crippen molar-refractivity contribution in [3.63, 3.8) is 0 Å². The summed E-state index contributed by atoms with van der Waals surface area (Å²) in [6.45, 7) is 4.19. The van der Waals surface area contributed by atoms with Crippen LogP contribution in [0.3, 0.4) is 0 Å². The van der Waals surface area contributed by atoms with Crippen molar-refractivity contribution in [3.05, 3.63) is 29.1 Å². The molecule has 1 rings (SSSR count). The van der Waals surface area contributed by atoms with E-state index in [0.29, 0.717) is 5.56 Å². The summed E-state index contributed by atoms with van der Waals surface area (Å²) in [5.74, 6) is 0. The largest absolute Gasteiger partial charge is 0.260 e. The molecule has 0 fully saturated rings. The molecule has 1 aromatic rings. The fourth-order valence-corrected chi connectivity index (χ4v) is 1.46. The van der Waals surface area contributed by atoms with Gasteiger partial charge in [0.25, 0.3) is 0 Å². The summed E-state index contributed by atoms with van der Waals surface area (Å²) < 4.78 is 0. The van der Waals surface area contributed by atoms with Crippen LogP contribution < -0.4 is 0 Å². The van der Waals surface area contributed by atoms with Crippen molar-refractivity contribution >= 4 is 0 Å². The number of nitriles is 1. The van der Waals surface area contributed by atoms with Crippen molar-refractivity contribution in [3.8, 4) is 6.07 Å². The first-order chi connectivity index (χ1) is 6.77. The van der Waals surface area contributed by atoms with Crippen LogP contribution in [-0.2, 0) is 6.42 Å². The van der Waals surface area contributed by atoms with E-state index < -0.39 is 0 Å². The minimum absolute atomic E-state index is 0.669. The van der Waals surface area contributed by atoms with E-state index >= 15 is 0 Å². The number of rotatable bonds is 4. The highest BCUT2D eigenvalue weighted by Gasteiger charge is 2.01. The van der Waals surface area contributed by atoms with Crippen molar-refractivity contribution in [2.24, 2.45) is 0 Å². The SMILES string of the molecule is CCCCCc1cc(C#N)cnc1C. The van der Waals surface area contributed by atoms with E-state index in [4.69, 9.17) is 5.26 Å². The third-order valence-electron chi connectivity index (χ3n) is 2.37. The second-order valence-corrected chi connectivity index (χ2v) is 3.54. The van der Waals surface area contributed by atoms with E-state index in [9.17, 15) is 0 Å². The number of hydrogen-bond acceptors (Lipinski definition) is 2. The number of aromatic nitrogens is 1. The zero-order chi connectivity index (χ0) is 10.4. The van der Waals surface area contributed by atoms with E-state index in [-0.39, 0.29) is 0 Å². The Bertz CT molecular complexity index is 337. The molecule has 0 amide bonds. The maximum absolute atomic E-state index is 8.73. The van der Waals surface area contributed by atoms with Gasteiger partial charge >= 0.3 is 0 Å². The van der Waals surface area contributed by atoms with Crippen LogP contribution in [0.5, 0.6) is 0 Å². The molecule has 0 saturated carbocycles. The Morgan fingerprint density at radius 2 is 2.21 bits per heavy atom. The summed E-state index contributed by atoms with van der Waals surface area (Å²) >= 11 is 0. The molecule has 1 heterocycles. The highest BCUT2D eigenvalue weighted by Crippen LogP contribution is 2.11. The van der Waals surface area contributed by atoms with E-state index in [0.717, 1.165) is 12.1 Å². The molecule has 0 aliphatic carbocycles. The van der Waals surface area contributed by atoms with Crippen LogP contribution in [0.4, 0.5) is 0 Å². The predicted molar refractivity (Wildman–Crippen MR) is 56.9 cm³/mol. The molecule has 0 aromatic carbocycles. The number of unbranched alkanes of at least 4 members (excludes halogenated alkanes) is 2. The molecule has 0 aliphatic rings. The van der Waals surface area contributed by atoms with Gasteiger partial charge in [0.1, 0.15) is 6.07 Å². The Morgan fingerprint density at radius 3 is 2.86 bits per heavy atom. The highest BCUT2D eigenvalue weighted by molar-refractivity contribution is 5.32. The number of aryl methyl sites for hydroxylation is 2. The van der Waals surface area contributed by atoms with Crippen LogP contribution in [0.25, 0.3) is 0 Å². The standard InChI is InChI=1S/C12H16N2/c1-3-4-5-6-12-7-11(8-13)9-14-10(12)2/h7,9H,3-6H2,1-2H3. The molecule has 0 aliphatic heterocycles. The Kier molecular flexibility index (Phi) is 4.12. The van der Waals surface area contributed by atoms with E-state index in [1.54, 1.807) is 6.20 Å². The molecule has 0 bridgehead atoms. The third-order valence-corrected chi connectivity index (χ3v) is 2.37. The normalized spacial score (nSPS) is 9.79. The molecular formula is C12H16N2. The highest BCUT2D eigenvalue weighted by atomic mass is 14.7. The summed E-state index contributed by atoms with van der Waals surface area (Å²) in [5.41, 5.74) is 2.94. The molecule has 0 saturated heterocycles. The third kappa shape index (κ3) is 2.85. The van der Waals surface area contributed by atoms with Crippen molar-refractivity contribution in [2.45, 2.75) is 39.5 Å². The van der Waals surface area contributed by atoms with Gasteiger partial charge in [-0.2, -0.15) is 5.26 Å². The molecule has 0 radical (unpaired) electrons. The minimum atomic E-state index is 0.669. The number of pyridine rings is 1. The average molecular weight is 188 g/mol. The lowest BCUT2D eigenvalue weighted by Gasteiger charge is -2.04. The summed E-state index contributed by atoms with van der Waals surface area (Å²) in [7, 11) is 0. The van der Waals surface area contributed by atoms with Crippen molar-refractivity contribution in [2.75, 3.05) is 0 Å². The second-order valence-electron chi connectivity index (χ2n) is 3.54. The lowest BCUT2D eigenvalue weighted by atomic mass is 10.0. The molecule has 74 valence electrons. The minimum Gasteiger partial charge on any atom is -0.260 e. The molecule has 0 N–H and O–H groups in total. The molecule has 2 nitrogen and oxygen atoms in total. The van der Waals surface area contributed by atoms with Gasteiger partial charge in [-0.3, -0.25) is 4.98 Å². The predicted octanol–water partition coefficient (Wildman–Crippen LogP) is 2.99. The Balaban J connectivity index is 2.70. The average Bonchev–Trinajstić information content (AvgIpc) is 2.21. The summed E-state index contributed by atoms with van der Waals surface area (Å²) in [6.07, 6.45) is 6.34. The molecule has 1 aromatic heterocycles. The smallest absolute Gasteiger partial charge is 0.101 e. The fourth-order valence-electron chi connectivity index (χ4n) is 1.46. The van der Waals surface area contributed by atoms with Gasteiger partial charge in [0.15, 0.2) is 0 Å². The van der Waals surface area contributed by atoms with Gasteiger partial charge in [0.2, 0.25) is 0 Å². The molecule has 0 spiro atoms. The molecule has 2 heteroatoms. The monoisotopic (exact) mass is 188 g/mol. The van der Waals surface area contributed by atoms with Crippen LogP contribution in [0.1, 0.15) is 43.0 Å². The Hall–Kier alpha value is -1.36. The summed E-state index contributed by atoms with van der Waals surface area (Å²) in [6, 6.07) is 4.08. The Labute approximate surface area is 85.6 Å². The summed E-state index contributed by atoms with van der Waals surface area (Å²) in [5, 5.41) is 8.73. The molecular weight excluding hydrogens is 172 g/mol. The lowest BCUT2D eigenvalue weighted by Crippen LogP contribution is -1.94. The first kappa shape index (κ1) is 10.7. The van der Waals surface area contributed by atoms with E-state index in [1.807, 2.05) is 13.0 Å². The van der Waals surface area contributed by atoms with Gasteiger partial charge in [-0.15, -0.1) is 0 Å². The van der Waals surface area contributed by atoms with Gasteiger partial charge in [0, 0.05) is 11.9 Å². The van der Waals surface area contributed by atoms with Gasteiger partial charge in [-0.05, 0) is 31.4 Å². The van der Waals surface area contributed by atoms with Crippen LogP contribution in [0.15, 0.2) is 12.3 Å². The van der Waals surface area contributed by atoms with Gasteiger partial charge in [-0.1, -0.05) is 19.8 Å². The molecule has 0 unspecified atom stereocenters. The maximum atomic E-state index is 8.73. The van der Waals surface area contributed by atoms with Gasteiger partial charge < -0.3 is 0 Å². The zero-order valence-electron chi connectivity index (χ0n) is 8.88. The first-order valence-electron chi connectivity index (χ1n) is 5.13. The maximum Gasteiger partial charge on any atom is 0.101 e. The quantitative estimate of drug-likeness (QED) is 0.681. The van der Waals surface area contributed by atoms with Crippen LogP contribution in [0.2, 0.25) is 0 Å². The van der Waals surface area contributed by atoms with E-state index in [1.165, 1.54) is 24.8 Å².